The second-order valence-electron chi connectivity index (χ2n) is 8.03. The van der Waals surface area contributed by atoms with Crippen molar-refractivity contribution in [1.29, 1.82) is 0 Å². The molecular weight excluding hydrogens is 476 g/mol. The van der Waals surface area contributed by atoms with E-state index in [1.54, 1.807) is 30.3 Å². The van der Waals surface area contributed by atoms with E-state index in [1.165, 1.54) is 16.7 Å². The molecule has 0 aliphatic carbocycles. The van der Waals surface area contributed by atoms with Crippen molar-refractivity contribution in [2.24, 2.45) is 0 Å². The summed E-state index contributed by atoms with van der Waals surface area (Å²) in [4.78, 5) is 38.4. The number of thioether (sulfide) groups is 1. The van der Waals surface area contributed by atoms with E-state index in [0.29, 0.717) is 23.5 Å². The molecule has 182 valence electrons. The average Bonchev–Trinajstić information content (AvgIpc) is 3.16. The largest absolute Gasteiger partial charge is 0.456 e. The van der Waals surface area contributed by atoms with Gasteiger partial charge in [-0.2, -0.15) is 11.8 Å². The van der Waals surface area contributed by atoms with Crippen LogP contribution in [0.25, 0.3) is 0 Å². The van der Waals surface area contributed by atoms with Crippen molar-refractivity contribution in [2.75, 3.05) is 39.8 Å². The van der Waals surface area contributed by atoms with Crippen molar-refractivity contribution >= 4 is 50.8 Å². The van der Waals surface area contributed by atoms with Gasteiger partial charge < -0.3 is 15.0 Å². The maximum Gasteiger partial charge on any atom is 0.307 e. The van der Waals surface area contributed by atoms with E-state index in [2.05, 4.69) is 5.32 Å². The molecule has 1 heterocycles. The van der Waals surface area contributed by atoms with Crippen LogP contribution in [0.4, 0.5) is 11.4 Å². The smallest absolute Gasteiger partial charge is 0.307 e. The van der Waals surface area contributed by atoms with Gasteiger partial charge in [-0.25, -0.2) is 8.42 Å². The summed E-state index contributed by atoms with van der Waals surface area (Å²) in [5, 5.41) is 2.79. The minimum atomic E-state index is -3.19. The number of hydrogen-bond acceptors (Lipinski definition) is 7. The Morgan fingerprint density at radius 1 is 1.09 bits per heavy atom. The number of carbonyl (C=O) groups is 3. The van der Waals surface area contributed by atoms with E-state index in [-0.39, 0.29) is 29.6 Å². The molecule has 1 saturated heterocycles. The Morgan fingerprint density at radius 2 is 1.79 bits per heavy atom. The molecule has 2 aromatic carbocycles. The first-order chi connectivity index (χ1) is 16.2. The number of sulfone groups is 1. The quantitative estimate of drug-likeness (QED) is 0.391. The van der Waals surface area contributed by atoms with Gasteiger partial charge in [0.05, 0.1) is 29.7 Å². The predicted octanol–water partition coefficient (Wildman–Crippen LogP) is 2.82. The van der Waals surface area contributed by atoms with Gasteiger partial charge in [-0.05, 0) is 37.6 Å². The fraction of sp³-hybridized carbons (Fsp3) is 0.375. The van der Waals surface area contributed by atoms with Crippen LogP contribution in [0.1, 0.15) is 18.4 Å². The number of anilines is 2. The first-order valence-corrected chi connectivity index (χ1v) is 13.9. The highest BCUT2D eigenvalue weighted by Crippen LogP contribution is 2.24. The molecular formula is C24H28N2O6S2. The molecule has 1 aliphatic rings. The number of rotatable bonds is 10. The normalized spacial score (nSPS) is 16.6. The summed E-state index contributed by atoms with van der Waals surface area (Å²) >= 11 is 1.29. The summed E-state index contributed by atoms with van der Waals surface area (Å²) in [6, 6.07) is 15.8. The third-order valence-electron chi connectivity index (χ3n) is 5.25. The van der Waals surface area contributed by atoms with Crippen molar-refractivity contribution in [3.63, 3.8) is 0 Å². The van der Waals surface area contributed by atoms with Crippen LogP contribution < -0.4 is 10.2 Å². The summed E-state index contributed by atoms with van der Waals surface area (Å²) in [6.45, 7) is 1.50. The van der Waals surface area contributed by atoms with E-state index in [4.69, 9.17) is 4.74 Å². The van der Waals surface area contributed by atoms with Gasteiger partial charge >= 0.3 is 5.97 Å². The lowest BCUT2D eigenvalue weighted by Gasteiger charge is -2.28. The highest BCUT2D eigenvalue weighted by molar-refractivity contribution is 7.99. The van der Waals surface area contributed by atoms with Gasteiger partial charge in [0.2, 0.25) is 5.91 Å². The molecule has 1 fully saturated rings. The maximum atomic E-state index is 12.9. The average molecular weight is 505 g/mol. The van der Waals surface area contributed by atoms with E-state index < -0.39 is 34.4 Å². The fourth-order valence-electron chi connectivity index (χ4n) is 3.56. The molecule has 1 N–H and O–H groups in total. The lowest BCUT2D eigenvalue weighted by molar-refractivity contribution is -0.147. The van der Waals surface area contributed by atoms with Gasteiger partial charge in [0.15, 0.2) is 16.4 Å². The summed E-state index contributed by atoms with van der Waals surface area (Å²) < 4.78 is 29.0. The van der Waals surface area contributed by atoms with Crippen molar-refractivity contribution < 1.29 is 27.5 Å². The van der Waals surface area contributed by atoms with Crippen LogP contribution in [0.5, 0.6) is 0 Å². The number of aryl methyl sites for hydroxylation is 1. The lowest BCUT2D eigenvalue weighted by Crippen LogP contribution is -2.43. The summed E-state index contributed by atoms with van der Waals surface area (Å²) in [5.74, 6) is -0.692. The molecule has 0 saturated carbocycles. The van der Waals surface area contributed by atoms with Crippen LogP contribution in [0.2, 0.25) is 0 Å². The molecule has 0 unspecified atom stereocenters. The standard InChI is InChI=1S/C24H28N2O6S2/c1-18-7-9-19(10-8-18)25-22(27)16-33-13-11-24(29)32-15-23(28)26(20-5-3-2-4-6-20)21-12-14-34(30,31)17-21/h2-10,21H,11-17H2,1H3,(H,25,27)/t21-/m0/s1. The first-order valence-electron chi connectivity index (χ1n) is 10.9. The Kier molecular flexibility index (Phi) is 9.12. The summed E-state index contributed by atoms with van der Waals surface area (Å²) in [7, 11) is -3.19. The first kappa shape index (κ1) is 25.8. The zero-order valence-electron chi connectivity index (χ0n) is 18.9. The van der Waals surface area contributed by atoms with Crippen molar-refractivity contribution in [1.82, 2.24) is 0 Å². The minimum Gasteiger partial charge on any atom is -0.456 e. The van der Waals surface area contributed by atoms with Gasteiger partial charge in [0, 0.05) is 17.1 Å². The number of ether oxygens (including phenoxy) is 1. The number of amides is 2. The van der Waals surface area contributed by atoms with Gasteiger partial charge in [-0.15, -0.1) is 0 Å². The fourth-order valence-corrected chi connectivity index (χ4v) is 5.98. The molecule has 3 rings (SSSR count). The van der Waals surface area contributed by atoms with Crippen LogP contribution >= 0.6 is 11.8 Å². The topological polar surface area (TPSA) is 110 Å². The Bertz CT molecular complexity index is 1100. The molecule has 1 atom stereocenters. The Hall–Kier alpha value is -2.85. The highest BCUT2D eigenvalue weighted by atomic mass is 32.2. The van der Waals surface area contributed by atoms with E-state index in [0.717, 1.165) is 5.56 Å². The van der Waals surface area contributed by atoms with Crippen LogP contribution in [0, 0.1) is 6.92 Å². The number of carbonyl (C=O) groups excluding carboxylic acids is 3. The van der Waals surface area contributed by atoms with Crippen LogP contribution in [-0.4, -0.2) is 61.9 Å². The molecule has 10 heteroatoms. The van der Waals surface area contributed by atoms with Crippen LogP contribution in [0.15, 0.2) is 54.6 Å². The Morgan fingerprint density at radius 3 is 2.44 bits per heavy atom. The van der Waals surface area contributed by atoms with Crippen LogP contribution in [0.3, 0.4) is 0 Å². The van der Waals surface area contributed by atoms with Gasteiger partial charge in [-0.1, -0.05) is 35.9 Å². The van der Waals surface area contributed by atoms with Crippen molar-refractivity contribution in [2.45, 2.75) is 25.8 Å². The van der Waals surface area contributed by atoms with Crippen molar-refractivity contribution in [3.05, 3.63) is 60.2 Å². The number of para-hydroxylation sites is 1. The molecule has 0 radical (unpaired) electrons. The van der Waals surface area contributed by atoms with Gasteiger partial charge in [0.1, 0.15) is 0 Å². The summed E-state index contributed by atoms with van der Waals surface area (Å²) in [6.07, 6.45) is 0.400. The molecule has 0 bridgehead atoms. The number of benzene rings is 2. The second kappa shape index (κ2) is 12.0. The predicted molar refractivity (Wildman–Crippen MR) is 134 cm³/mol. The maximum absolute atomic E-state index is 12.9. The third kappa shape index (κ3) is 7.88. The van der Waals surface area contributed by atoms with Gasteiger partial charge in [0.25, 0.3) is 5.91 Å². The number of nitrogens with zero attached hydrogens (tertiary/aromatic N) is 1. The lowest BCUT2D eigenvalue weighted by atomic mass is 10.2. The third-order valence-corrected chi connectivity index (χ3v) is 7.96. The highest BCUT2D eigenvalue weighted by Gasteiger charge is 2.35. The molecule has 2 aromatic rings. The molecule has 0 spiro atoms. The molecule has 8 nitrogen and oxygen atoms in total. The van der Waals surface area contributed by atoms with Crippen molar-refractivity contribution in [3.8, 4) is 0 Å². The zero-order chi connectivity index (χ0) is 24.6. The van der Waals surface area contributed by atoms with E-state index in [9.17, 15) is 22.8 Å². The minimum absolute atomic E-state index is 0.0305. The number of hydrogen-bond donors (Lipinski definition) is 1. The van der Waals surface area contributed by atoms with E-state index >= 15 is 0 Å². The Labute approximate surface area is 204 Å². The molecule has 0 aromatic heterocycles. The molecule has 2 amide bonds. The second-order valence-corrected chi connectivity index (χ2v) is 11.4. The Balaban J connectivity index is 1.42. The number of nitrogens with one attached hydrogen (secondary N) is 1. The van der Waals surface area contributed by atoms with E-state index in [1.807, 2.05) is 31.2 Å². The van der Waals surface area contributed by atoms with Crippen LogP contribution in [-0.2, 0) is 29.0 Å². The molecule has 1 aliphatic heterocycles. The SMILES string of the molecule is Cc1ccc(NC(=O)CSCCC(=O)OCC(=O)N(c2ccccc2)[C@H]2CCS(=O)(=O)C2)cc1. The molecule has 34 heavy (non-hydrogen) atoms. The van der Waals surface area contributed by atoms with Gasteiger partial charge in [-0.3, -0.25) is 14.4 Å². The number of esters is 1. The summed E-state index contributed by atoms with van der Waals surface area (Å²) in [5.41, 5.74) is 2.39. The monoisotopic (exact) mass is 504 g/mol. The zero-order valence-corrected chi connectivity index (χ0v) is 20.6.